The monoisotopic (exact) mass is 163 g/mol. The highest BCUT2D eigenvalue weighted by Crippen LogP contribution is 2.15. The molecule has 60 valence electrons. The average Bonchev–Trinajstić information content (AvgIpc) is 2.05. The maximum Gasteiger partial charge on any atom is 0.143 e. The van der Waals surface area contributed by atoms with Crippen LogP contribution in [0.5, 0.6) is 0 Å². The predicted octanol–water partition coefficient (Wildman–Crippen LogP) is 1.28. The van der Waals surface area contributed by atoms with Gasteiger partial charge in [-0.15, -0.1) is 0 Å². The summed E-state index contributed by atoms with van der Waals surface area (Å²) in [5.41, 5.74) is 5.78. The molecule has 1 rings (SSSR count). The lowest BCUT2D eigenvalue weighted by Gasteiger charge is -2.00. The minimum absolute atomic E-state index is 0.0947. The van der Waals surface area contributed by atoms with Gasteiger partial charge in [0.15, 0.2) is 0 Å². The van der Waals surface area contributed by atoms with Crippen LogP contribution in [0, 0.1) is 22.6 Å². The van der Waals surface area contributed by atoms with Crippen LogP contribution in [0.1, 0.15) is 11.1 Å². The lowest BCUT2D eigenvalue weighted by atomic mass is 10.1. The van der Waals surface area contributed by atoms with Crippen LogP contribution in [-0.4, -0.2) is 6.21 Å². The molecule has 0 amide bonds. The molecule has 0 aliphatic heterocycles. The number of nitrogens with zero attached hydrogens (tertiary/aromatic N) is 1. The second-order valence-corrected chi connectivity index (χ2v) is 2.22. The molecule has 0 radical (unpaired) electrons. The van der Waals surface area contributed by atoms with Gasteiger partial charge in [0.05, 0.1) is 5.56 Å². The summed E-state index contributed by atoms with van der Waals surface area (Å²) in [6, 6.07) is 3.95. The minimum atomic E-state index is -0.652. The van der Waals surface area contributed by atoms with E-state index in [1.165, 1.54) is 6.07 Å². The topological polar surface area (TPSA) is 73.7 Å². The zero-order valence-corrected chi connectivity index (χ0v) is 6.13. The third kappa shape index (κ3) is 1.25. The molecule has 0 saturated heterocycles. The van der Waals surface area contributed by atoms with Crippen LogP contribution in [0.4, 0.5) is 10.1 Å². The number of anilines is 1. The van der Waals surface area contributed by atoms with Crippen molar-refractivity contribution in [1.29, 1.82) is 10.7 Å². The van der Waals surface area contributed by atoms with E-state index in [9.17, 15) is 4.39 Å². The second-order valence-electron chi connectivity index (χ2n) is 2.22. The van der Waals surface area contributed by atoms with Crippen molar-refractivity contribution in [3.63, 3.8) is 0 Å². The summed E-state index contributed by atoms with van der Waals surface area (Å²) in [6.45, 7) is 0. The number of nitrogens with one attached hydrogen (secondary N) is 1. The Kier molecular flexibility index (Phi) is 2.06. The molecule has 0 bridgehead atoms. The van der Waals surface area contributed by atoms with E-state index in [1.807, 2.05) is 0 Å². The first kappa shape index (κ1) is 8.21. The third-order valence-corrected chi connectivity index (χ3v) is 1.45. The molecule has 0 aliphatic rings. The third-order valence-electron chi connectivity index (χ3n) is 1.45. The zero-order chi connectivity index (χ0) is 9.14. The smallest absolute Gasteiger partial charge is 0.143 e. The van der Waals surface area contributed by atoms with Gasteiger partial charge in [0, 0.05) is 17.5 Å². The molecule has 0 aromatic heterocycles. The van der Waals surface area contributed by atoms with Crippen molar-refractivity contribution in [2.75, 3.05) is 5.73 Å². The van der Waals surface area contributed by atoms with Crippen LogP contribution in [0.2, 0.25) is 0 Å². The Morgan fingerprint density at radius 1 is 1.58 bits per heavy atom. The molecular formula is C8H6FN3. The molecule has 0 fully saturated rings. The number of nitriles is 1. The van der Waals surface area contributed by atoms with Gasteiger partial charge in [0.2, 0.25) is 0 Å². The van der Waals surface area contributed by atoms with Crippen molar-refractivity contribution >= 4 is 11.9 Å². The lowest BCUT2D eigenvalue weighted by molar-refractivity contribution is 0.624. The Morgan fingerprint density at radius 3 is 2.75 bits per heavy atom. The van der Waals surface area contributed by atoms with Crippen molar-refractivity contribution in [3.05, 3.63) is 29.1 Å². The molecule has 1 aromatic rings. The Bertz CT molecular complexity index is 365. The van der Waals surface area contributed by atoms with E-state index >= 15 is 0 Å². The minimum Gasteiger partial charge on any atom is -0.398 e. The summed E-state index contributed by atoms with van der Waals surface area (Å²) >= 11 is 0. The SMILES string of the molecule is N#Cc1cc(C=N)c(N)cc1F. The lowest BCUT2D eigenvalue weighted by Crippen LogP contribution is -1.96. The van der Waals surface area contributed by atoms with Gasteiger partial charge in [-0.3, -0.25) is 0 Å². The Morgan fingerprint density at radius 2 is 2.25 bits per heavy atom. The molecule has 0 saturated carbocycles. The highest BCUT2D eigenvalue weighted by atomic mass is 19.1. The number of benzene rings is 1. The standard InChI is InChI=1S/C8H6FN3/c9-7-2-8(12)6(4-11)1-5(7)3-10/h1-2,4,11H,12H2. The fourth-order valence-electron chi connectivity index (χ4n) is 0.816. The normalized spacial score (nSPS) is 9.00. The van der Waals surface area contributed by atoms with E-state index in [0.29, 0.717) is 5.56 Å². The molecule has 0 unspecified atom stereocenters. The number of hydrogen-bond acceptors (Lipinski definition) is 3. The summed E-state index contributed by atoms with van der Waals surface area (Å²) in [4.78, 5) is 0. The fraction of sp³-hybridized carbons (Fsp3) is 0. The first-order chi connectivity index (χ1) is 5.69. The molecule has 0 aliphatic carbocycles. The van der Waals surface area contributed by atoms with E-state index in [0.717, 1.165) is 12.3 Å². The highest BCUT2D eigenvalue weighted by Gasteiger charge is 2.04. The largest absolute Gasteiger partial charge is 0.398 e. The summed E-state index contributed by atoms with van der Waals surface area (Å²) in [5, 5.41) is 15.3. The number of nitrogens with two attached hydrogens (primary N) is 1. The summed E-state index contributed by atoms with van der Waals surface area (Å²) in [7, 11) is 0. The summed E-state index contributed by atoms with van der Waals surface area (Å²) in [6.07, 6.45) is 0.982. The van der Waals surface area contributed by atoms with Crippen molar-refractivity contribution in [1.82, 2.24) is 0 Å². The van der Waals surface area contributed by atoms with Gasteiger partial charge >= 0.3 is 0 Å². The summed E-state index contributed by atoms with van der Waals surface area (Å²) in [5.74, 6) is -0.652. The van der Waals surface area contributed by atoms with Crippen molar-refractivity contribution in [2.45, 2.75) is 0 Å². The Balaban J connectivity index is 3.39. The number of rotatable bonds is 1. The van der Waals surface area contributed by atoms with E-state index in [4.69, 9.17) is 16.4 Å². The van der Waals surface area contributed by atoms with Gasteiger partial charge in [-0.1, -0.05) is 0 Å². The maximum atomic E-state index is 12.8. The molecule has 3 N–H and O–H groups in total. The van der Waals surface area contributed by atoms with Gasteiger partial charge in [-0.25, -0.2) is 4.39 Å². The van der Waals surface area contributed by atoms with Crippen LogP contribution in [-0.2, 0) is 0 Å². The van der Waals surface area contributed by atoms with Crippen LogP contribution >= 0.6 is 0 Å². The quantitative estimate of drug-likeness (QED) is 0.483. The van der Waals surface area contributed by atoms with E-state index < -0.39 is 5.82 Å². The average molecular weight is 163 g/mol. The first-order valence-electron chi connectivity index (χ1n) is 3.18. The van der Waals surface area contributed by atoms with Gasteiger partial charge in [-0.05, 0) is 12.1 Å². The second kappa shape index (κ2) is 3.01. The predicted molar refractivity (Wildman–Crippen MR) is 43.4 cm³/mol. The van der Waals surface area contributed by atoms with Gasteiger partial charge < -0.3 is 11.1 Å². The Hall–Kier alpha value is -1.89. The van der Waals surface area contributed by atoms with E-state index in [-0.39, 0.29) is 11.3 Å². The molecule has 12 heavy (non-hydrogen) atoms. The zero-order valence-electron chi connectivity index (χ0n) is 6.13. The van der Waals surface area contributed by atoms with E-state index in [1.54, 1.807) is 6.07 Å². The van der Waals surface area contributed by atoms with Gasteiger partial charge in [-0.2, -0.15) is 5.26 Å². The Labute approximate surface area is 68.7 Å². The highest BCUT2D eigenvalue weighted by molar-refractivity contribution is 5.85. The first-order valence-corrected chi connectivity index (χ1v) is 3.18. The van der Waals surface area contributed by atoms with Crippen LogP contribution < -0.4 is 5.73 Å². The molecule has 1 aromatic carbocycles. The maximum absolute atomic E-state index is 12.8. The van der Waals surface area contributed by atoms with Crippen molar-refractivity contribution in [2.24, 2.45) is 0 Å². The van der Waals surface area contributed by atoms with Gasteiger partial charge in [0.1, 0.15) is 11.9 Å². The van der Waals surface area contributed by atoms with Gasteiger partial charge in [0.25, 0.3) is 0 Å². The number of halogens is 1. The summed E-state index contributed by atoms with van der Waals surface area (Å²) < 4.78 is 12.8. The van der Waals surface area contributed by atoms with E-state index in [2.05, 4.69) is 0 Å². The van der Waals surface area contributed by atoms with Crippen LogP contribution in [0.25, 0.3) is 0 Å². The molecule has 0 spiro atoms. The molecule has 3 nitrogen and oxygen atoms in total. The number of nitrogen functional groups attached to an aromatic ring is 1. The molecule has 4 heteroatoms. The molecule has 0 heterocycles. The molecular weight excluding hydrogens is 157 g/mol. The molecule has 0 atom stereocenters. The fourth-order valence-corrected chi connectivity index (χ4v) is 0.816. The van der Waals surface area contributed by atoms with Crippen molar-refractivity contribution in [3.8, 4) is 6.07 Å². The number of hydrogen-bond donors (Lipinski definition) is 2. The van der Waals surface area contributed by atoms with Crippen LogP contribution in [0.15, 0.2) is 12.1 Å². The van der Waals surface area contributed by atoms with Crippen molar-refractivity contribution < 1.29 is 4.39 Å². The van der Waals surface area contributed by atoms with Crippen LogP contribution in [0.3, 0.4) is 0 Å².